The molecule has 0 aliphatic heterocycles. The molecular formula is C7H10N2O2. The lowest BCUT2D eigenvalue weighted by atomic mass is 10.3. The fourth-order valence-corrected chi connectivity index (χ4v) is 0.902. The summed E-state index contributed by atoms with van der Waals surface area (Å²) in [6.07, 6.45) is 1.59. The van der Waals surface area contributed by atoms with E-state index in [1.807, 2.05) is 0 Å². The lowest BCUT2D eigenvalue weighted by Crippen LogP contribution is -2.09. The summed E-state index contributed by atoms with van der Waals surface area (Å²) < 4.78 is 1.67. The second-order valence-electron chi connectivity index (χ2n) is 2.35. The van der Waals surface area contributed by atoms with Gasteiger partial charge in [0.25, 0.3) is 0 Å². The number of nitrogens with zero attached hydrogens (tertiary/aromatic N) is 1. The van der Waals surface area contributed by atoms with Crippen molar-refractivity contribution in [2.24, 2.45) is 12.8 Å². The number of amides is 1. The molecule has 0 fully saturated rings. The van der Waals surface area contributed by atoms with Gasteiger partial charge < -0.3 is 15.4 Å². The van der Waals surface area contributed by atoms with E-state index in [1.54, 1.807) is 23.9 Å². The highest BCUT2D eigenvalue weighted by Crippen LogP contribution is 2.05. The number of aliphatic hydroxyl groups is 1. The molecule has 0 atom stereocenters. The quantitative estimate of drug-likeness (QED) is 0.609. The molecule has 1 aromatic heterocycles. The number of rotatable bonds is 2. The van der Waals surface area contributed by atoms with Crippen LogP contribution in [0.25, 0.3) is 0 Å². The van der Waals surface area contributed by atoms with E-state index in [0.717, 1.165) is 0 Å². The van der Waals surface area contributed by atoms with Crippen molar-refractivity contribution < 1.29 is 9.90 Å². The smallest absolute Gasteiger partial charge is 0.250 e. The maximum atomic E-state index is 10.6. The molecule has 0 saturated heterocycles. The van der Waals surface area contributed by atoms with E-state index in [2.05, 4.69) is 0 Å². The van der Waals surface area contributed by atoms with Crippen molar-refractivity contribution in [1.29, 1.82) is 0 Å². The van der Waals surface area contributed by atoms with Crippen LogP contribution >= 0.6 is 0 Å². The van der Waals surface area contributed by atoms with E-state index >= 15 is 0 Å². The second-order valence-corrected chi connectivity index (χ2v) is 2.35. The topological polar surface area (TPSA) is 68.2 Å². The zero-order chi connectivity index (χ0) is 8.43. The van der Waals surface area contributed by atoms with Crippen molar-refractivity contribution in [2.75, 3.05) is 0 Å². The third-order valence-electron chi connectivity index (χ3n) is 1.55. The predicted octanol–water partition coefficient (Wildman–Crippen LogP) is -0.384. The molecule has 0 unspecified atom stereocenters. The Bertz CT molecular complexity index is 278. The Labute approximate surface area is 64.2 Å². The maximum Gasteiger partial charge on any atom is 0.250 e. The fourth-order valence-electron chi connectivity index (χ4n) is 0.902. The average molecular weight is 154 g/mol. The van der Waals surface area contributed by atoms with Gasteiger partial charge in [-0.15, -0.1) is 0 Å². The molecule has 3 N–H and O–H groups in total. The van der Waals surface area contributed by atoms with Crippen molar-refractivity contribution in [3.8, 4) is 0 Å². The number of aliphatic hydroxyl groups excluding tert-OH is 1. The van der Waals surface area contributed by atoms with Crippen LogP contribution in [0, 0.1) is 0 Å². The summed E-state index contributed by atoms with van der Waals surface area (Å²) in [7, 11) is 1.75. The first-order valence-corrected chi connectivity index (χ1v) is 3.21. The van der Waals surface area contributed by atoms with Gasteiger partial charge in [0.15, 0.2) is 0 Å². The monoisotopic (exact) mass is 154 g/mol. The SMILES string of the molecule is Cn1cc(C(N)=O)cc1CO. The molecule has 0 aliphatic carbocycles. The number of aromatic nitrogens is 1. The van der Waals surface area contributed by atoms with E-state index < -0.39 is 5.91 Å². The highest BCUT2D eigenvalue weighted by molar-refractivity contribution is 5.92. The van der Waals surface area contributed by atoms with Gasteiger partial charge in [-0.25, -0.2) is 0 Å². The summed E-state index contributed by atoms with van der Waals surface area (Å²) in [5.74, 6) is -0.472. The van der Waals surface area contributed by atoms with E-state index in [4.69, 9.17) is 10.8 Å². The summed E-state index contributed by atoms with van der Waals surface area (Å²) in [4.78, 5) is 10.6. The fraction of sp³-hybridized carbons (Fsp3) is 0.286. The minimum atomic E-state index is -0.472. The van der Waals surface area contributed by atoms with Gasteiger partial charge in [-0.05, 0) is 6.07 Å². The van der Waals surface area contributed by atoms with Crippen LogP contribution < -0.4 is 5.73 Å². The van der Waals surface area contributed by atoms with Crippen LogP contribution in [0.2, 0.25) is 0 Å². The Morgan fingerprint density at radius 3 is 2.73 bits per heavy atom. The number of carbonyl (C=O) groups is 1. The van der Waals surface area contributed by atoms with Crippen LogP contribution in [0.4, 0.5) is 0 Å². The van der Waals surface area contributed by atoms with Crippen molar-refractivity contribution >= 4 is 5.91 Å². The molecule has 0 radical (unpaired) electrons. The van der Waals surface area contributed by atoms with Crippen LogP contribution in [0.15, 0.2) is 12.3 Å². The molecule has 0 spiro atoms. The van der Waals surface area contributed by atoms with E-state index in [0.29, 0.717) is 11.3 Å². The first kappa shape index (κ1) is 7.81. The molecule has 0 bridgehead atoms. The first-order valence-electron chi connectivity index (χ1n) is 3.21. The number of carbonyl (C=O) groups excluding carboxylic acids is 1. The van der Waals surface area contributed by atoms with Crippen LogP contribution in [-0.2, 0) is 13.7 Å². The zero-order valence-electron chi connectivity index (χ0n) is 6.24. The molecule has 0 aliphatic rings. The van der Waals surface area contributed by atoms with E-state index in [-0.39, 0.29) is 6.61 Å². The molecule has 1 rings (SSSR count). The Morgan fingerprint density at radius 1 is 1.82 bits per heavy atom. The second kappa shape index (κ2) is 2.75. The van der Waals surface area contributed by atoms with Gasteiger partial charge in [0, 0.05) is 18.9 Å². The van der Waals surface area contributed by atoms with Gasteiger partial charge in [0.1, 0.15) is 0 Å². The summed E-state index contributed by atoms with van der Waals surface area (Å²) in [5, 5.41) is 8.74. The minimum absolute atomic E-state index is 0.0796. The number of primary amides is 1. The van der Waals surface area contributed by atoms with Gasteiger partial charge in [-0.3, -0.25) is 4.79 Å². The average Bonchev–Trinajstić information content (AvgIpc) is 2.31. The van der Waals surface area contributed by atoms with Crippen molar-refractivity contribution in [3.63, 3.8) is 0 Å². The lowest BCUT2D eigenvalue weighted by Gasteiger charge is -1.94. The van der Waals surface area contributed by atoms with Crippen LogP contribution in [0.5, 0.6) is 0 Å². The third-order valence-corrected chi connectivity index (χ3v) is 1.55. The van der Waals surface area contributed by atoms with Gasteiger partial charge in [0.2, 0.25) is 5.91 Å². The molecule has 0 aromatic carbocycles. The molecule has 1 aromatic rings. The highest BCUT2D eigenvalue weighted by Gasteiger charge is 2.05. The van der Waals surface area contributed by atoms with Gasteiger partial charge in [-0.2, -0.15) is 0 Å². The molecule has 60 valence electrons. The summed E-state index contributed by atoms with van der Waals surface area (Å²) in [6, 6.07) is 1.57. The number of nitrogens with two attached hydrogens (primary N) is 1. The minimum Gasteiger partial charge on any atom is -0.390 e. The van der Waals surface area contributed by atoms with Gasteiger partial charge in [-0.1, -0.05) is 0 Å². The molecule has 4 nitrogen and oxygen atoms in total. The van der Waals surface area contributed by atoms with Gasteiger partial charge >= 0.3 is 0 Å². The number of hydrogen-bond donors (Lipinski definition) is 2. The van der Waals surface area contributed by atoms with Crippen molar-refractivity contribution in [3.05, 3.63) is 23.5 Å². The molecule has 11 heavy (non-hydrogen) atoms. The Balaban J connectivity index is 3.05. The molecular weight excluding hydrogens is 144 g/mol. The maximum absolute atomic E-state index is 10.6. The molecule has 0 saturated carbocycles. The van der Waals surface area contributed by atoms with E-state index in [9.17, 15) is 4.79 Å². The largest absolute Gasteiger partial charge is 0.390 e. The lowest BCUT2D eigenvalue weighted by molar-refractivity contribution is 0.100. The Hall–Kier alpha value is -1.29. The predicted molar refractivity (Wildman–Crippen MR) is 39.9 cm³/mol. The molecule has 1 heterocycles. The van der Waals surface area contributed by atoms with Crippen molar-refractivity contribution in [1.82, 2.24) is 4.57 Å². The Morgan fingerprint density at radius 2 is 2.45 bits per heavy atom. The third kappa shape index (κ3) is 1.40. The number of hydrogen-bond acceptors (Lipinski definition) is 2. The summed E-state index contributed by atoms with van der Waals surface area (Å²) in [6.45, 7) is -0.0796. The van der Waals surface area contributed by atoms with Crippen molar-refractivity contribution in [2.45, 2.75) is 6.61 Å². The normalized spacial score (nSPS) is 10.0. The molecule has 4 heteroatoms. The summed E-state index contributed by atoms with van der Waals surface area (Å²) in [5.41, 5.74) is 6.12. The number of aryl methyl sites for hydroxylation is 1. The molecule has 1 amide bonds. The van der Waals surface area contributed by atoms with Crippen LogP contribution in [0.3, 0.4) is 0 Å². The highest BCUT2D eigenvalue weighted by atomic mass is 16.3. The van der Waals surface area contributed by atoms with E-state index in [1.165, 1.54) is 0 Å². The Kier molecular flexibility index (Phi) is 1.96. The standard InChI is InChI=1S/C7H10N2O2/c1-9-3-5(7(8)11)2-6(9)4-10/h2-3,10H,4H2,1H3,(H2,8,11). The first-order chi connectivity index (χ1) is 5.15. The van der Waals surface area contributed by atoms with Gasteiger partial charge in [0.05, 0.1) is 12.2 Å². The van der Waals surface area contributed by atoms with Crippen LogP contribution in [-0.4, -0.2) is 15.6 Å². The summed E-state index contributed by atoms with van der Waals surface area (Å²) >= 11 is 0. The van der Waals surface area contributed by atoms with Crippen LogP contribution in [0.1, 0.15) is 16.1 Å². The zero-order valence-corrected chi connectivity index (χ0v) is 6.24.